The maximum absolute atomic E-state index is 13.1. The van der Waals surface area contributed by atoms with Gasteiger partial charge in [-0.15, -0.1) is 5.10 Å². The van der Waals surface area contributed by atoms with Crippen LogP contribution in [-0.4, -0.2) is 57.5 Å². The number of hydrogen-bond acceptors (Lipinski definition) is 7. The summed E-state index contributed by atoms with van der Waals surface area (Å²) in [4.78, 5) is 15.0. The number of likely N-dealkylation sites (tertiary alicyclic amines) is 1. The molecular formula is C21H23N5O3S. The molecule has 1 aliphatic rings. The fraction of sp³-hybridized carbons (Fsp3) is 0.333. The lowest BCUT2D eigenvalue weighted by Gasteiger charge is -2.26. The minimum absolute atomic E-state index is 0.0340. The van der Waals surface area contributed by atoms with E-state index in [1.807, 2.05) is 53.4 Å². The summed E-state index contributed by atoms with van der Waals surface area (Å²) in [6.45, 7) is 0.716. The van der Waals surface area contributed by atoms with Gasteiger partial charge in [-0.25, -0.2) is 0 Å². The molecule has 2 heterocycles. The van der Waals surface area contributed by atoms with E-state index < -0.39 is 0 Å². The number of aromatic nitrogens is 4. The summed E-state index contributed by atoms with van der Waals surface area (Å²) in [6, 6.07) is 15.3. The molecule has 4 rings (SSSR count). The van der Waals surface area contributed by atoms with Gasteiger partial charge in [-0.05, 0) is 53.6 Å². The van der Waals surface area contributed by atoms with Gasteiger partial charge in [0.25, 0.3) is 0 Å². The van der Waals surface area contributed by atoms with E-state index in [0.29, 0.717) is 11.7 Å². The largest absolute Gasteiger partial charge is 0.497 e. The molecule has 9 heteroatoms. The molecule has 156 valence electrons. The van der Waals surface area contributed by atoms with Gasteiger partial charge in [-0.1, -0.05) is 30.0 Å². The first kappa shape index (κ1) is 20.2. The van der Waals surface area contributed by atoms with Crippen molar-refractivity contribution in [2.75, 3.05) is 26.5 Å². The van der Waals surface area contributed by atoms with E-state index in [4.69, 9.17) is 9.47 Å². The van der Waals surface area contributed by atoms with Crippen LogP contribution in [0.4, 0.5) is 0 Å². The standard InChI is InChI=1S/C21H23N5O3S/c1-28-16-10-11-19(29-2)17(13-16)18-9-6-12-25(18)20(27)14-30-21-22-23-24-26(21)15-7-4-3-5-8-15/h3-5,7-8,10-11,13,18H,6,9,12,14H2,1-2H3/t18-/m0/s1. The fourth-order valence-corrected chi connectivity index (χ4v) is 4.47. The third-order valence-corrected chi connectivity index (χ3v) is 6.04. The Balaban J connectivity index is 1.49. The number of rotatable bonds is 7. The molecule has 0 bridgehead atoms. The average molecular weight is 426 g/mol. The van der Waals surface area contributed by atoms with E-state index in [0.717, 1.165) is 35.6 Å². The van der Waals surface area contributed by atoms with Crippen molar-refractivity contribution in [3.05, 3.63) is 54.1 Å². The van der Waals surface area contributed by atoms with Crippen molar-refractivity contribution >= 4 is 17.7 Å². The molecule has 1 amide bonds. The Morgan fingerprint density at radius 2 is 2.00 bits per heavy atom. The molecule has 2 aromatic carbocycles. The van der Waals surface area contributed by atoms with E-state index >= 15 is 0 Å². The summed E-state index contributed by atoms with van der Waals surface area (Å²) in [5.41, 5.74) is 1.83. The molecule has 1 fully saturated rings. The van der Waals surface area contributed by atoms with Crippen LogP contribution < -0.4 is 9.47 Å². The van der Waals surface area contributed by atoms with Crippen molar-refractivity contribution in [2.24, 2.45) is 0 Å². The normalized spacial score (nSPS) is 15.9. The van der Waals surface area contributed by atoms with Crippen LogP contribution in [0.1, 0.15) is 24.4 Å². The number of para-hydroxylation sites is 1. The van der Waals surface area contributed by atoms with E-state index in [2.05, 4.69) is 15.5 Å². The Hall–Kier alpha value is -3.07. The van der Waals surface area contributed by atoms with E-state index in [9.17, 15) is 4.79 Å². The highest BCUT2D eigenvalue weighted by Gasteiger charge is 2.32. The highest BCUT2D eigenvalue weighted by Crippen LogP contribution is 2.39. The van der Waals surface area contributed by atoms with Crippen LogP contribution >= 0.6 is 11.8 Å². The quantitative estimate of drug-likeness (QED) is 0.538. The summed E-state index contributed by atoms with van der Waals surface area (Å²) in [5.74, 6) is 1.83. The number of tetrazole rings is 1. The lowest BCUT2D eigenvalue weighted by molar-refractivity contribution is -0.129. The third kappa shape index (κ3) is 4.11. The predicted molar refractivity (Wildman–Crippen MR) is 113 cm³/mol. The Bertz CT molecular complexity index is 1010. The maximum atomic E-state index is 13.1. The zero-order valence-corrected chi connectivity index (χ0v) is 17.7. The molecule has 8 nitrogen and oxygen atoms in total. The number of nitrogens with zero attached hydrogens (tertiary/aromatic N) is 5. The molecule has 0 N–H and O–H groups in total. The number of amides is 1. The van der Waals surface area contributed by atoms with Gasteiger partial charge in [-0.3, -0.25) is 4.79 Å². The number of carbonyl (C=O) groups is 1. The number of methoxy groups -OCH3 is 2. The van der Waals surface area contributed by atoms with E-state index in [-0.39, 0.29) is 17.7 Å². The van der Waals surface area contributed by atoms with Crippen molar-refractivity contribution in [2.45, 2.75) is 24.0 Å². The number of hydrogen-bond donors (Lipinski definition) is 0. The van der Waals surface area contributed by atoms with Gasteiger partial charge in [-0.2, -0.15) is 4.68 Å². The van der Waals surface area contributed by atoms with Crippen LogP contribution in [0, 0.1) is 0 Å². The minimum atomic E-state index is -0.0340. The highest BCUT2D eigenvalue weighted by molar-refractivity contribution is 7.99. The monoisotopic (exact) mass is 425 g/mol. The summed E-state index contributed by atoms with van der Waals surface area (Å²) in [5, 5.41) is 12.5. The van der Waals surface area contributed by atoms with Gasteiger partial charge < -0.3 is 14.4 Å². The Morgan fingerprint density at radius 1 is 1.17 bits per heavy atom. The summed E-state index contributed by atoms with van der Waals surface area (Å²) in [7, 11) is 3.28. The molecule has 3 aromatic rings. The molecule has 1 saturated heterocycles. The van der Waals surface area contributed by atoms with Crippen molar-refractivity contribution in [3.63, 3.8) is 0 Å². The summed E-state index contributed by atoms with van der Waals surface area (Å²) in [6.07, 6.45) is 1.84. The van der Waals surface area contributed by atoms with Crippen molar-refractivity contribution in [1.82, 2.24) is 25.1 Å². The Morgan fingerprint density at radius 3 is 2.77 bits per heavy atom. The molecule has 0 unspecified atom stereocenters. The molecule has 1 aromatic heterocycles. The highest BCUT2D eigenvalue weighted by atomic mass is 32.2. The molecule has 0 saturated carbocycles. The number of ether oxygens (including phenoxy) is 2. The average Bonchev–Trinajstić information content (AvgIpc) is 3.47. The van der Waals surface area contributed by atoms with Crippen molar-refractivity contribution in [1.29, 1.82) is 0 Å². The van der Waals surface area contributed by atoms with Gasteiger partial charge in [0.1, 0.15) is 11.5 Å². The molecule has 1 aliphatic heterocycles. The van der Waals surface area contributed by atoms with Gasteiger partial charge in [0.05, 0.1) is 31.7 Å². The second-order valence-electron chi connectivity index (χ2n) is 6.85. The summed E-state index contributed by atoms with van der Waals surface area (Å²) < 4.78 is 12.6. The van der Waals surface area contributed by atoms with Crippen molar-refractivity contribution < 1.29 is 14.3 Å². The van der Waals surface area contributed by atoms with Crippen LogP contribution in [0.3, 0.4) is 0 Å². The minimum Gasteiger partial charge on any atom is -0.497 e. The summed E-state index contributed by atoms with van der Waals surface area (Å²) >= 11 is 1.34. The van der Waals surface area contributed by atoms with Gasteiger partial charge in [0.2, 0.25) is 11.1 Å². The fourth-order valence-electron chi connectivity index (χ4n) is 3.70. The SMILES string of the molecule is COc1ccc(OC)c([C@@H]2CCCN2C(=O)CSc2nnnn2-c2ccccc2)c1. The number of thioether (sulfide) groups is 1. The lowest BCUT2D eigenvalue weighted by atomic mass is 10.0. The Kier molecular flexibility index (Phi) is 6.18. The number of benzene rings is 2. The van der Waals surface area contributed by atoms with Gasteiger partial charge >= 0.3 is 0 Å². The second-order valence-corrected chi connectivity index (χ2v) is 7.79. The van der Waals surface area contributed by atoms with Crippen LogP contribution in [0.15, 0.2) is 53.7 Å². The topological polar surface area (TPSA) is 82.4 Å². The predicted octanol–water partition coefficient (Wildman–Crippen LogP) is 3.14. The van der Waals surface area contributed by atoms with Crippen LogP contribution in [-0.2, 0) is 4.79 Å². The zero-order valence-electron chi connectivity index (χ0n) is 16.9. The maximum Gasteiger partial charge on any atom is 0.233 e. The van der Waals surface area contributed by atoms with E-state index in [1.165, 1.54) is 11.8 Å². The third-order valence-electron chi connectivity index (χ3n) is 5.14. The first-order valence-corrected chi connectivity index (χ1v) is 10.7. The Labute approximate surface area is 179 Å². The van der Waals surface area contributed by atoms with Gasteiger partial charge in [0.15, 0.2) is 0 Å². The van der Waals surface area contributed by atoms with Crippen LogP contribution in [0.5, 0.6) is 11.5 Å². The van der Waals surface area contributed by atoms with Crippen LogP contribution in [0.25, 0.3) is 5.69 Å². The molecule has 0 spiro atoms. The lowest BCUT2D eigenvalue weighted by Crippen LogP contribution is -2.32. The van der Waals surface area contributed by atoms with E-state index in [1.54, 1.807) is 18.9 Å². The molecule has 0 aliphatic carbocycles. The number of carbonyl (C=O) groups excluding carboxylic acids is 1. The molecule has 0 radical (unpaired) electrons. The zero-order chi connectivity index (χ0) is 20.9. The molecule has 30 heavy (non-hydrogen) atoms. The molecular weight excluding hydrogens is 402 g/mol. The van der Waals surface area contributed by atoms with Gasteiger partial charge in [0, 0.05) is 12.1 Å². The first-order chi connectivity index (χ1) is 14.7. The smallest absolute Gasteiger partial charge is 0.233 e. The van der Waals surface area contributed by atoms with Crippen molar-refractivity contribution in [3.8, 4) is 17.2 Å². The van der Waals surface area contributed by atoms with Crippen LogP contribution in [0.2, 0.25) is 0 Å². The molecule has 1 atom stereocenters. The second kappa shape index (κ2) is 9.17. The first-order valence-electron chi connectivity index (χ1n) is 9.69.